The van der Waals surface area contributed by atoms with Crippen LogP contribution in [0.2, 0.25) is 0 Å². The van der Waals surface area contributed by atoms with Crippen molar-refractivity contribution in [2.45, 2.75) is 39.7 Å². The Hall–Kier alpha value is -2.44. The predicted octanol–water partition coefficient (Wildman–Crippen LogP) is 2.40. The van der Waals surface area contributed by atoms with Crippen LogP contribution in [-0.4, -0.2) is 38.7 Å². The molecule has 24 heavy (non-hydrogen) atoms. The van der Waals surface area contributed by atoms with Crippen LogP contribution in [0.15, 0.2) is 12.1 Å². The van der Waals surface area contributed by atoms with Gasteiger partial charge in [0, 0.05) is 24.7 Å². The molecule has 7 heteroatoms. The lowest BCUT2D eigenvalue weighted by Crippen LogP contribution is -2.39. The maximum absolute atomic E-state index is 13.7. The first-order chi connectivity index (χ1) is 11.4. The van der Waals surface area contributed by atoms with Crippen LogP contribution in [0.1, 0.15) is 46.2 Å². The molecule has 128 valence electrons. The van der Waals surface area contributed by atoms with Crippen LogP contribution in [0.25, 0.3) is 0 Å². The molecule has 1 aromatic carbocycles. The van der Waals surface area contributed by atoms with Crippen LogP contribution in [-0.2, 0) is 0 Å². The standard InChI is InChI=1S/C17H22FN5O/c1-10-8-13(9-11(2)15(10)18)16(24)22-6-4-14(5-7-22)23-12(3)20-21-17(23)19/h8-9,14H,4-7H2,1-3H3,(H2,19,21). The average molecular weight is 331 g/mol. The summed E-state index contributed by atoms with van der Waals surface area (Å²) >= 11 is 0. The molecule has 1 amide bonds. The first kappa shape index (κ1) is 16.4. The lowest BCUT2D eigenvalue weighted by Gasteiger charge is -2.33. The fourth-order valence-corrected chi connectivity index (χ4v) is 3.42. The zero-order valence-electron chi connectivity index (χ0n) is 14.2. The monoisotopic (exact) mass is 331 g/mol. The Morgan fingerprint density at radius 3 is 2.25 bits per heavy atom. The number of aromatic nitrogens is 3. The predicted molar refractivity (Wildman–Crippen MR) is 89.2 cm³/mol. The van der Waals surface area contributed by atoms with E-state index in [0.29, 0.717) is 35.7 Å². The van der Waals surface area contributed by atoms with Gasteiger partial charge in [0.2, 0.25) is 5.95 Å². The summed E-state index contributed by atoms with van der Waals surface area (Å²) in [5, 5.41) is 7.89. The van der Waals surface area contributed by atoms with Crippen LogP contribution in [0.5, 0.6) is 0 Å². The molecule has 2 N–H and O–H groups in total. The molecule has 2 heterocycles. The molecule has 6 nitrogen and oxygen atoms in total. The van der Waals surface area contributed by atoms with Gasteiger partial charge in [-0.05, 0) is 56.9 Å². The van der Waals surface area contributed by atoms with Gasteiger partial charge in [0.05, 0.1) is 0 Å². The van der Waals surface area contributed by atoms with Crippen LogP contribution in [0.4, 0.5) is 10.3 Å². The van der Waals surface area contributed by atoms with E-state index in [4.69, 9.17) is 5.73 Å². The van der Waals surface area contributed by atoms with E-state index < -0.39 is 0 Å². The summed E-state index contributed by atoms with van der Waals surface area (Å²) in [5.41, 5.74) is 7.43. The third-order valence-electron chi connectivity index (χ3n) is 4.69. The molecule has 0 aliphatic carbocycles. The summed E-state index contributed by atoms with van der Waals surface area (Å²) in [6.07, 6.45) is 1.60. The van der Waals surface area contributed by atoms with Gasteiger partial charge in [0.15, 0.2) is 0 Å². The van der Waals surface area contributed by atoms with Crippen molar-refractivity contribution in [2.24, 2.45) is 0 Å². The average Bonchev–Trinajstić information content (AvgIpc) is 2.90. The van der Waals surface area contributed by atoms with E-state index >= 15 is 0 Å². The van der Waals surface area contributed by atoms with E-state index in [2.05, 4.69) is 10.2 Å². The van der Waals surface area contributed by atoms with E-state index in [0.717, 1.165) is 18.7 Å². The van der Waals surface area contributed by atoms with Gasteiger partial charge in [0.25, 0.3) is 5.91 Å². The minimum Gasteiger partial charge on any atom is -0.368 e. The van der Waals surface area contributed by atoms with Crippen molar-refractivity contribution in [1.29, 1.82) is 0 Å². The lowest BCUT2D eigenvalue weighted by molar-refractivity contribution is 0.0694. The number of nitrogens with two attached hydrogens (primary N) is 1. The normalized spacial score (nSPS) is 15.8. The lowest BCUT2D eigenvalue weighted by atomic mass is 10.0. The molecule has 3 rings (SSSR count). The molecule has 1 aromatic heterocycles. The molecule has 0 spiro atoms. The fraction of sp³-hybridized carbons (Fsp3) is 0.471. The highest BCUT2D eigenvalue weighted by Gasteiger charge is 2.27. The van der Waals surface area contributed by atoms with Gasteiger partial charge in [-0.1, -0.05) is 0 Å². The van der Waals surface area contributed by atoms with Gasteiger partial charge >= 0.3 is 0 Å². The molecule has 1 fully saturated rings. The second-order valence-corrected chi connectivity index (χ2v) is 6.42. The Morgan fingerprint density at radius 1 is 1.17 bits per heavy atom. The van der Waals surface area contributed by atoms with Crippen LogP contribution < -0.4 is 5.73 Å². The SMILES string of the molecule is Cc1cc(C(=O)N2CCC(n3c(C)nnc3N)CC2)cc(C)c1F. The highest BCUT2D eigenvalue weighted by molar-refractivity contribution is 5.94. The number of carbonyl (C=O) groups is 1. The highest BCUT2D eigenvalue weighted by Crippen LogP contribution is 2.27. The van der Waals surface area contributed by atoms with Crippen LogP contribution >= 0.6 is 0 Å². The molecule has 1 aliphatic rings. The van der Waals surface area contributed by atoms with Crippen LogP contribution in [0, 0.1) is 26.6 Å². The van der Waals surface area contributed by atoms with E-state index in [9.17, 15) is 9.18 Å². The van der Waals surface area contributed by atoms with Crippen molar-refractivity contribution < 1.29 is 9.18 Å². The first-order valence-corrected chi connectivity index (χ1v) is 8.11. The Morgan fingerprint density at radius 2 is 1.75 bits per heavy atom. The smallest absolute Gasteiger partial charge is 0.253 e. The van der Waals surface area contributed by atoms with Crippen molar-refractivity contribution in [1.82, 2.24) is 19.7 Å². The van der Waals surface area contributed by atoms with Gasteiger partial charge in [-0.2, -0.15) is 0 Å². The number of benzene rings is 1. The van der Waals surface area contributed by atoms with Gasteiger partial charge in [0.1, 0.15) is 11.6 Å². The Bertz CT molecular complexity index is 735. The molecule has 1 aliphatic heterocycles. The summed E-state index contributed by atoms with van der Waals surface area (Å²) in [6.45, 7) is 6.52. The quantitative estimate of drug-likeness (QED) is 0.917. The molecular formula is C17H22FN5O. The number of likely N-dealkylation sites (tertiary alicyclic amines) is 1. The van der Waals surface area contributed by atoms with Crippen molar-refractivity contribution in [3.8, 4) is 0 Å². The summed E-state index contributed by atoms with van der Waals surface area (Å²) in [6, 6.07) is 3.46. The molecule has 1 saturated heterocycles. The maximum Gasteiger partial charge on any atom is 0.253 e. The summed E-state index contributed by atoms with van der Waals surface area (Å²) in [7, 11) is 0. The van der Waals surface area contributed by atoms with Crippen molar-refractivity contribution in [3.05, 3.63) is 40.5 Å². The number of hydrogen-bond acceptors (Lipinski definition) is 4. The Kier molecular flexibility index (Phi) is 4.26. The number of amides is 1. The van der Waals surface area contributed by atoms with Gasteiger partial charge in [-0.3, -0.25) is 9.36 Å². The Labute approximate surface area is 140 Å². The zero-order valence-corrected chi connectivity index (χ0v) is 14.2. The molecule has 0 bridgehead atoms. The molecule has 2 aromatic rings. The molecule has 0 radical (unpaired) electrons. The summed E-state index contributed by atoms with van der Waals surface area (Å²) in [4.78, 5) is 14.5. The topological polar surface area (TPSA) is 77.0 Å². The van der Waals surface area contributed by atoms with Crippen molar-refractivity contribution in [3.63, 3.8) is 0 Å². The maximum atomic E-state index is 13.7. The second-order valence-electron chi connectivity index (χ2n) is 6.42. The number of nitrogen functional groups attached to an aromatic ring is 1. The fourth-order valence-electron chi connectivity index (χ4n) is 3.42. The number of hydrogen-bond donors (Lipinski definition) is 1. The number of rotatable bonds is 2. The molecule has 0 saturated carbocycles. The van der Waals surface area contributed by atoms with Gasteiger partial charge in [-0.25, -0.2) is 4.39 Å². The zero-order chi connectivity index (χ0) is 17.4. The third kappa shape index (κ3) is 2.86. The van der Waals surface area contributed by atoms with E-state index in [1.165, 1.54) is 0 Å². The number of carbonyl (C=O) groups excluding carboxylic acids is 1. The summed E-state index contributed by atoms with van der Waals surface area (Å²) < 4.78 is 15.7. The van der Waals surface area contributed by atoms with Crippen LogP contribution in [0.3, 0.4) is 0 Å². The van der Waals surface area contributed by atoms with E-state index in [1.54, 1.807) is 26.0 Å². The minimum atomic E-state index is -0.246. The summed E-state index contributed by atoms with van der Waals surface area (Å²) in [5.74, 6) is 0.918. The molecular weight excluding hydrogens is 309 g/mol. The number of piperidine rings is 1. The Balaban J connectivity index is 1.72. The number of nitrogens with zero attached hydrogens (tertiary/aromatic N) is 4. The second kappa shape index (κ2) is 6.22. The largest absolute Gasteiger partial charge is 0.368 e. The third-order valence-corrected chi connectivity index (χ3v) is 4.69. The number of aryl methyl sites for hydroxylation is 3. The minimum absolute atomic E-state index is 0.0481. The van der Waals surface area contributed by atoms with E-state index in [1.807, 2.05) is 16.4 Å². The number of anilines is 1. The van der Waals surface area contributed by atoms with Gasteiger partial charge in [-0.15, -0.1) is 10.2 Å². The molecule has 0 atom stereocenters. The van der Waals surface area contributed by atoms with Gasteiger partial charge < -0.3 is 10.6 Å². The van der Waals surface area contributed by atoms with Crippen molar-refractivity contribution in [2.75, 3.05) is 18.8 Å². The van der Waals surface area contributed by atoms with E-state index in [-0.39, 0.29) is 17.8 Å². The highest BCUT2D eigenvalue weighted by atomic mass is 19.1. The number of halogens is 1. The first-order valence-electron chi connectivity index (χ1n) is 8.11. The van der Waals surface area contributed by atoms with Crippen molar-refractivity contribution >= 4 is 11.9 Å². The molecule has 0 unspecified atom stereocenters.